The van der Waals surface area contributed by atoms with Crippen molar-refractivity contribution in [2.75, 3.05) is 19.0 Å². The fourth-order valence-electron chi connectivity index (χ4n) is 1.38. The summed E-state index contributed by atoms with van der Waals surface area (Å²) in [6.45, 7) is -0.609. The molecule has 0 N–H and O–H groups in total. The summed E-state index contributed by atoms with van der Waals surface area (Å²) >= 11 is 14.6. The highest BCUT2D eigenvalue weighted by Crippen LogP contribution is 2.27. The smallest absolute Gasteiger partial charge is 0.255 e. The number of hydrogen-bond donors (Lipinski definition) is 0. The first kappa shape index (κ1) is 15.7. The topological polar surface area (TPSA) is 20.3 Å². The second kappa shape index (κ2) is 7.26. The lowest BCUT2D eigenvalue weighted by molar-refractivity contribution is 0.0571. The molecule has 1 rings (SSSR count). The van der Waals surface area contributed by atoms with Gasteiger partial charge in [-0.1, -0.05) is 17.7 Å². The van der Waals surface area contributed by atoms with Gasteiger partial charge in [0.1, 0.15) is 0 Å². The van der Waals surface area contributed by atoms with Gasteiger partial charge in [-0.2, -0.15) is 0 Å². The molecule has 0 bridgehead atoms. The summed E-state index contributed by atoms with van der Waals surface area (Å²) in [6, 6.07) is 4.77. The third-order valence-electron chi connectivity index (χ3n) is 2.18. The van der Waals surface area contributed by atoms with E-state index in [1.54, 1.807) is 12.1 Å². The number of benzene rings is 1. The average molecular weight is 361 g/mol. The first-order valence-electron chi connectivity index (χ1n) is 5.04. The van der Waals surface area contributed by atoms with Crippen molar-refractivity contribution in [3.63, 3.8) is 0 Å². The summed E-state index contributed by atoms with van der Waals surface area (Å²) in [6.07, 6.45) is -2.61. The van der Waals surface area contributed by atoms with E-state index in [1.807, 2.05) is 0 Å². The number of alkyl halides is 3. The van der Waals surface area contributed by atoms with Gasteiger partial charge < -0.3 is 4.90 Å². The molecule has 0 aliphatic heterocycles. The molecule has 0 atom stereocenters. The van der Waals surface area contributed by atoms with Gasteiger partial charge in [0.15, 0.2) is 0 Å². The third kappa shape index (κ3) is 4.07. The SMILES string of the molecule is O=C(c1cccc(Br)c1Cl)N(CCCl)CC(F)F. The van der Waals surface area contributed by atoms with E-state index in [1.165, 1.54) is 6.07 Å². The van der Waals surface area contributed by atoms with Gasteiger partial charge in [0.25, 0.3) is 12.3 Å². The molecule has 0 fully saturated rings. The summed E-state index contributed by atoms with van der Waals surface area (Å²) in [5.74, 6) is -0.466. The monoisotopic (exact) mass is 359 g/mol. The number of carbonyl (C=O) groups is 1. The quantitative estimate of drug-likeness (QED) is 0.725. The second-order valence-corrected chi connectivity index (χ2v) is 5.04. The summed E-state index contributed by atoms with van der Waals surface area (Å²) < 4.78 is 25.3. The third-order valence-corrected chi connectivity index (χ3v) is 3.65. The van der Waals surface area contributed by atoms with E-state index >= 15 is 0 Å². The molecule has 100 valence electrons. The summed E-state index contributed by atoms with van der Waals surface area (Å²) in [5, 5.41) is 0.205. The highest BCUT2D eigenvalue weighted by Gasteiger charge is 2.21. The Morgan fingerprint density at radius 1 is 1.44 bits per heavy atom. The van der Waals surface area contributed by atoms with Crippen LogP contribution in [0.1, 0.15) is 10.4 Å². The lowest BCUT2D eigenvalue weighted by Gasteiger charge is -2.21. The number of rotatable bonds is 5. The molecular weight excluding hydrogens is 351 g/mol. The Kier molecular flexibility index (Phi) is 6.32. The van der Waals surface area contributed by atoms with Crippen molar-refractivity contribution < 1.29 is 13.6 Å². The van der Waals surface area contributed by atoms with Crippen molar-refractivity contribution >= 4 is 45.0 Å². The molecule has 2 nitrogen and oxygen atoms in total. The van der Waals surface area contributed by atoms with Gasteiger partial charge >= 0.3 is 0 Å². The fraction of sp³-hybridized carbons (Fsp3) is 0.364. The highest BCUT2D eigenvalue weighted by atomic mass is 79.9. The molecule has 18 heavy (non-hydrogen) atoms. The zero-order valence-corrected chi connectivity index (χ0v) is 12.3. The molecule has 0 aliphatic rings. The van der Waals surface area contributed by atoms with Gasteiger partial charge in [-0.05, 0) is 28.1 Å². The van der Waals surface area contributed by atoms with Crippen LogP contribution in [0.5, 0.6) is 0 Å². The van der Waals surface area contributed by atoms with Gasteiger partial charge in [0.05, 0.1) is 17.1 Å². The number of nitrogens with zero attached hydrogens (tertiary/aromatic N) is 1. The molecule has 0 saturated carbocycles. The fourth-order valence-corrected chi connectivity index (χ4v) is 2.16. The van der Waals surface area contributed by atoms with Gasteiger partial charge in [0, 0.05) is 16.9 Å². The summed E-state index contributed by atoms with van der Waals surface area (Å²) in [7, 11) is 0. The average Bonchev–Trinajstić information content (AvgIpc) is 2.31. The van der Waals surface area contributed by atoms with Crippen molar-refractivity contribution in [2.45, 2.75) is 6.43 Å². The van der Waals surface area contributed by atoms with Crippen molar-refractivity contribution in [1.82, 2.24) is 4.90 Å². The summed E-state index contributed by atoms with van der Waals surface area (Å²) in [4.78, 5) is 13.1. The van der Waals surface area contributed by atoms with Crippen molar-refractivity contribution in [2.24, 2.45) is 0 Å². The van der Waals surface area contributed by atoms with Gasteiger partial charge in [-0.25, -0.2) is 8.78 Å². The standard InChI is InChI=1S/C11H10BrCl2F2NO/c12-8-3-1-2-7(10(8)14)11(18)17(5-4-13)6-9(15)16/h1-3,9H,4-6H2. The Labute approximate surface area is 122 Å². The number of hydrogen-bond acceptors (Lipinski definition) is 1. The minimum atomic E-state index is -2.61. The molecule has 1 aromatic rings. The van der Waals surface area contributed by atoms with Crippen molar-refractivity contribution in [1.29, 1.82) is 0 Å². The predicted octanol–water partition coefficient (Wildman–Crippen LogP) is 4.05. The molecule has 0 unspecified atom stereocenters. The molecule has 0 saturated heterocycles. The lowest BCUT2D eigenvalue weighted by Crippen LogP contribution is -2.36. The van der Waals surface area contributed by atoms with Gasteiger partial charge in [-0.15, -0.1) is 11.6 Å². The van der Waals surface area contributed by atoms with E-state index in [9.17, 15) is 13.6 Å². The molecule has 1 amide bonds. The molecule has 7 heteroatoms. The van der Waals surface area contributed by atoms with Crippen LogP contribution in [0.2, 0.25) is 5.02 Å². The van der Waals surface area contributed by atoms with Gasteiger partial charge in [0.2, 0.25) is 0 Å². The van der Waals surface area contributed by atoms with Crippen LogP contribution in [0.4, 0.5) is 8.78 Å². The molecule has 0 heterocycles. The van der Waals surface area contributed by atoms with E-state index in [0.717, 1.165) is 4.90 Å². The van der Waals surface area contributed by atoms with Crippen LogP contribution in [0.3, 0.4) is 0 Å². The Morgan fingerprint density at radius 3 is 2.67 bits per heavy atom. The molecule has 1 aromatic carbocycles. The predicted molar refractivity (Wildman–Crippen MR) is 71.8 cm³/mol. The second-order valence-electron chi connectivity index (χ2n) is 3.43. The van der Waals surface area contributed by atoms with E-state index in [4.69, 9.17) is 23.2 Å². The van der Waals surface area contributed by atoms with Crippen LogP contribution in [-0.2, 0) is 0 Å². The maximum Gasteiger partial charge on any atom is 0.255 e. The Balaban J connectivity index is 2.98. The van der Waals surface area contributed by atoms with E-state index < -0.39 is 18.9 Å². The minimum absolute atomic E-state index is 0.0492. The maximum atomic E-state index is 12.4. The normalized spacial score (nSPS) is 10.8. The molecule has 0 aromatic heterocycles. The zero-order chi connectivity index (χ0) is 13.7. The van der Waals surface area contributed by atoms with Crippen LogP contribution >= 0.6 is 39.1 Å². The maximum absolute atomic E-state index is 12.4. The van der Waals surface area contributed by atoms with Crippen molar-refractivity contribution in [3.05, 3.63) is 33.3 Å². The molecular formula is C11H10BrCl2F2NO. The molecule has 0 radical (unpaired) electrons. The zero-order valence-electron chi connectivity index (χ0n) is 9.18. The van der Waals surface area contributed by atoms with E-state index in [-0.39, 0.29) is 23.0 Å². The van der Waals surface area contributed by atoms with Crippen LogP contribution in [0, 0.1) is 0 Å². The Morgan fingerprint density at radius 2 is 2.11 bits per heavy atom. The Bertz CT molecular complexity index is 432. The Hall–Kier alpha value is -0.390. The molecule has 0 spiro atoms. The number of amides is 1. The lowest BCUT2D eigenvalue weighted by atomic mass is 10.2. The van der Waals surface area contributed by atoms with E-state index in [0.29, 0.717) is 4.47 Å². The van der Waals surface area contributed by atoms with E-state index in [2.05, 4.69) is 15.9 Å². The van der Waals surface area contributed by atoms with Crippen LogP contribution < -0.4 is 0 Å². The minimum Gasteiger partial charge on any atom is -0.332 e. The number of carbonyl (C=O) groups excluding carboxylic acids is 1. The van der Waals surface area contributed by atoms with Crippen LogP contribution in [-0.4, -0.2) is 36.2 Å². The first-order chi connectivity index (χ1) is 8.47. The van der Waals surface area contributed by atoms with Crippen LogP contribution in [0.15, 0.2) is 22.7 Å². The van der Waals surface area contributed by atoms with Gasteiger partial charge in [-0.3, -0.25) is 4.79 Å². The molecule has 0 aliphatic carbocycles. The van der Waals surface area contributed by atoms with Crippen molar-refractivity contribution in [3.8, 4) is 0 Å². The first-order valence-corrected chi connectivity index (χ1v) is 6.75. The largest absolute Gasteiger partial charge is 0.332 e. The number of halogens is 5. The highest BCUT2D eigenvalue weighted by molar-refractivity contribution is 9.10. The summed E-state index contributed by atoms with van der Waals surface area (Å²) in [5.41, 5.74) is 0.178. The van der Waals surface area contributed by atoms with Crippen LogP contribution in [0.25, 0.3) is 0 Å².